The van der Waals surface area contributed by atoms with E-state index in [1.54, 1.807) is 40.2 Å². The molecule has 0 unspecified atom stereocenters. The van der Waals surface area contributed by atoms with Gasteiger partial charge < -0.3 is 10.1 Å². The van der Waals surface area contributed by atoms with Crippen LogP contribution in [0.15, 0.2) is 73.3 Å². The van der Waals surface area contributed by atoms with Crippen LogP contribution in [0.3, 0.4) is 0 Å². The van der Waals surface area contributed by atoms with Crippen LogP contribution in [0.4, 0.5) is 5.82 Å². The standard InChI is InChI=1S/C20H18N6O2/c1-28-17-14-26(16-5-3-2-4-6-16)24-19(17)20(27)22-18-9-12-25(23-18)13-15-7-10-21-11-8-15/h2-12,14H,13H2,1H3,(H,22,23,27). The van der Waals surface area contributed by atoms with E-state index < -0.39 is 0 Å². The van der Waals surface area contributed by atoms with Crippen LogP contribution in [0, 0.1) is 0 Å². The number of rotatable bonds is 6. The summed E-state index contributed by atoms with van der Waals surface area (Å²) in [6.45, 7) is 0.588. The smallest absolute Gasteiger partial charge is 0.281 e. The summed E-state index contributed by atoms with van der Waals surface area (Å²) in [7, 11) is 1.51. The van der Waals surface area contributed by atoms with Gasteiger partial charge in [0, 0.05) is 24.7 Å². The fourth-order valence-electron chi connectivity index (χ4n) is 2.74. The molecule has 8 nitrogen and oxygen atoms in total. The number of anilines is 1. The predicted octanol–water partition coefficient (Wildman–Crippen LogP) is 2.77. The van der Waals surface area contributed by atoms with E-state index in [1.807, 2.05) is 42.5 Å². The fourth-order valence-corrected chi connectivity index (χ4v) is 2.74. The van der Waals surface area contributed by atoms with Crippen LogP contribution in [0.5, 0.6) is 5.75 Å². The molecule has 4 rings (SSSR count). The van der Waals surface area contributed by atoms with Gasteiger partial charge in [0.15, 0.2) is 17.3 Å². The van der Waals surface area contributed by atoms with E-state index in [4.69, 9.17) is 4.74 Å². The lowest BCUT2D eigenvalue weighted by atomic mass is 10.3. The molecule has 0 saturated heterocycles. The van der Waals surface area contributed by atoms with Crippen molar-refractivity contribution in [3.8, 4) is 11.4 Å². The van der Waals surface area contributed by atoms with Gasteiger partial charge in [-0.05, 0) is 29.8 Å². The van der Waals surface area contributed by atoms with E-state index in [0.29, 0.717) is 18.1 Å². The molecule has 0 fully saturated rings. The Kier molecular flexibility index (Phi) is 4.83. The number of carbonyl (C=O) groups is 1. The van der Waals surface area contributed by atoms with Crippen LogP contribution in [0.25, 0.3) is 5.69 Å². The molecule has 4 aromatic rings. The number of benzene rings is 1. The number of pyridine rings is 1. The van der Waals surface area contributed by atoms with E-state index in [0.717, 1.165) is 11.3 Å². The van der Waals surface area contributed by atoms with Gasteiger partial charge in [-0.25, -0.2) is 4.68 Å². The van der Waals surface area contributed by atoms with Crippen LogP contribution in [0.2, 0.25) is 0 Å². The molecule has 0 spiro atoms. The third kappa shape index (κ3) is 3.75. The molecule has 0 aliphatic rings. The Bertz CT molecular complexity index is 1070. The number of hydrogen-bond acceptors (Lipinski definition) is 5. The minimum atomic E-state index is -0.388. The lowest BCUT2D eigenvalue weighted by Crippen LogP contribution is -2.15. The Morgan fingerprint density at radius 1 is 1.07 bits per heavy atom. The van der Waals surface area contributed by atoms with E-state index in [2.05, 4.69) is 20.5 Å². The molecule has 0 bridgehead atoms. The molecule has 1 aromatic carbocycles. The number of ether oxygens (including phenoxy) is 1. The van der Waals surface area contributed by atoms with Gasteiger partial charge >= 0.3 is 0 Å². The molecular weight excluding hydrogens is 356 g/mol. The Balaban J connectivity index is 1.50. The van der Waals surface area contributed by atoms with Gasteiger partial charge in [-0.15, -0.1) is 0 Å². The van der Waals surface area contributed by atoms with Crippen molar-refractivity contribution in [2.24, 2.45) is 0 Å². The minimum absolute atomic E-state index is 0.190. The van der Waals surface area contributed by atoms with E-state index in [9.17, 15) is 4.79 Å². The number of aromatic nitrogens is 5. The number of nitrogens with zero attached hydrogens (tertiary/aromatic N) is 5. The first kappa shape index (κ1) is 17.5. The highest BCUT2D eigenvalue weighted by Gasteiger charge is 2.19. The predicted molar refractivity (Wildman–Crippen MR) is 104 cm³/mol. The normalized spacial score (nSPS) is 10.6. The fraction of sp³-hybridized carbons (Fsp3) is 0.100. The topological polar surface area (TPSA) is 86.9 Å². The highest BCUT2D eigenvalue weighted by molar-refractivity contribution is 6.04. The van der Waals surface area contributed by atoms with Gasteiger partial charge in [0.2, 0.25) is 0 Å². The third-order valence-electron chi connectivity index (χ3n) is 4.11. The number of carbonyl (C=O) groups excluding carboxylic acids is 1. The van der Waals surface area contributed by atoms with Crippen LogP contribution in [-0.4, -0.2) is 37.6 Å². The van der Waals surface area contributed by atoms with E-state index in [-0.39, 0.29) is 11.6 Å². The van der Waals surface area contributed by atoms with Crippen LogP contribution >= 0.6 is 0 Å². The van der Waals surface area contributed by atoms with Gasteiger partial charge in [-0.1, -0.05) is 18.2 Å². The second-order valence-electron chi connectivity index (χ2n) is 6.03. The van der Waals surface area contributed by atoms with Crippen molar-refractivity contribution in [3.63, 3.8) is 0 Å². The molecule has 3 aromatic heterocycles. The van der Waals surface area contributed by atoms with Crippen molar-refractivity contribution in [2.75, 3.05) is 12.4 Å². The zero-order chi connectivity index (χ0) is 19.3. The van der Waals surface area contributed by atoms with Gasteiger partial charge in [0.25, 0.3) is 5.91 Å². The van der Waals surface area contributed by atoms with Crippen molar-refractivity contribution >= 4 is 11.7 Å². The van der Waals surface area contributed by atoms with Crippen molar-refractivity contribution in [2.45, 2.75) is 6.54 Å². The summed E-state index contributed by atoms with van der Waals surface area (Å²) in [5.41, 5.74) is 2.09. The Morgan fingerprint density at radius 3 is 2.61 bits per heavy atom. The molecule has 0 aliphatic heterocycles. The van der Waals surface area contributed by atoms with E-state index >= 15 is 0 Å². The summed E-state index contributed by atoms with van der Waals surface area (Å²) in [6.07, 6.45) is 6.94. The first-order chi connectivity index (χ1) is 13.7. The highest BCUT2D eigenvalue weighted by atomic mass is 16.5. The van der Waals surface area contributed by atoms with Gasteiger partial charge in [-0.3, -0.25) is 14.5 Å². The summed E-state index contributed by atoms with van der Waals surface area (Å²) < 4.78 is 8.66. The van der Waals surface area contributed by atoms with Crippen molar-refractivity contribution in [3.05, 3.63) is 84.6 Å². The summed E-state index contributed by atoms with van der Waals surface area (Å²) in [6, 6.07) is 15.1. The molecule has 0 aliphatic carbocycles. The second-order valence-corrected chi connectivity index (χ2v) is 6.03. The van der Waals surface area contributed by atoms with E-state index in [1.165, 1.54) is 7.11 Å². The van der Waals surface area contributed by atoms with Gasteiger partial charge in [-0.2, -0.15) is 10.2 Å². The first-order valence-corrected chi connectivity index (χ1v) is 8.66. The van der Waals surface area contributed by atoms with Crippen LogP contribution in [0.1, 0.15) is 16.1 Å². The maximum atomic E-state index is 12.7. The molecule has 0 atom stereocenters. The lowest BCUT2D eigenvalue weighted by molar-refractivity contribution is 0.101. The lowest BCUT2D eigenvalue weighted by Gasteiger charge is -2.03. The Labute approximate surface area is 161 Å². The molecule has 28 heavy (non-hydrogen) atoms. The monoisotopic (exact) mass is 374 g/mol. The van der Waals surface area contributed by atoms with Crippen molar-refractivity contribution < 1.29 is 9.53 Å². The average molecular weight is 374 g/mol. The number of amides is 1. The molecule has 8 heteroatoms. The summed E-state index contributed by atoms with van der Waals surface area (Å²) in [5, 5.41) is 11.5. The average Bonchev–Trinajstić information content (AvgIpc) is 3.36. The summed E-state index contributed by atoms with van der Waals surface area (Å²) in [4.78, 5) is 16.7. The molecular formula is C20H18N6O2. The molecule has 140 valence electrons. The molecule has 3 heterocycles. The molecule has 1 N–H and O–H groups in total. The molecule has 0 radical (unpaired) electrons. The molecule has 1 amide bonds. The number of para-hydroxylation sites is 1. The zero-order valence-corrected chi connectivity index (χ0v) is 15.2. The summed E-state index contributed by atoms with van der Waals surface area (Å²) in [5.74, 6) is 0.439. The van der Waals surface area contributed by atoms with Crippen LogP contribution in [-0.2, 0) is 6.54 Å². The first-order valence-electron chi connectivity index (χ1n) is 8.66. The highest BCUT2D eigenvalue weighted by Crippen LogP contribution is 2.20. The zero-order valence-electron chi connectivity index (χ0n) is 15.2. The maximum absolute atomic E-state index is 12.7. The Morgan fingerprint density at radius 2 is 1.86 bits per heavy atom. The number of methoxy groups -OCH3 is 1. The second kappa shape index (κ2) is 7.75. The third-order valence-corrected chi connectivity index (χ3v) is 4.11. The maximum Gasteiger partial charge on any atom is 0.281 e. The number of nitrogens with one attached hydrogen (secondary N) is 1. The van der Waals surface area contributed by atoms with Crippen molar-refractivity contribution in [1.82, 2.24) is 24.5 Å². The molecule has 0 saturated carbocycles. The van der Waals surface area contributed by atoms with Gasteiger partial charge in [0.1, 0.15) is 0 Å². The Hall–Kier alpha value is -3.94. The van der Waals surface area contributed by atoms with Crippen molar-refractivity contribution in [1.29, 1.82) is 0 Å². The SMILES string of the molecule is COc1cn(-c2ccccc2)nc1C(=O)Nc1ccn(Cc2ccncc2)n1. The minimum Gasteiger partial charge on any atom is -0.493 e. The number of hydrogen-bond donors (Lipinski definition) is 1. The summed E-state index contributed by atoms with van der Waals surface area (Å²) >= 11 is 0. The quantitative estimate of drug-likeness (QED) is 0.561. The van der Waals surface area contributed by atoms with Gasteiger partial charge in [0.05, 0.1) is 25.5 Å². The van der Waals surface area contributed by atoms with Crippen LogP contribution < -0.4 is 10.1 Å². The largest absolute Gasteiger partial charge is 0.493 e.